The minimum atomic E-state index is 0.150. The Hall–Kier alpha value is -2.56. The lowest BCUT2D eigenvalue weighted by atomic mass is 10.1. The molecular formula is C19H24N4O. The molecule has 0 unspecified atom stereocenters. The van der Waals surface area contributed by atoms with Crippen LogP contribution in [-0.2, 0) is 4.79 Å². The summed E-state index contributed by atoms with van der Waals surface area (Å²) in [6.45, 7) is 7.58. The Morgan fingerprint density at radius 1 is 1.12 bits per heavy atom. The van der Waals surface area contributed by atoms with Gasteiger partial charge in [0.05, 0.1) is 6.54 Å². The van der Waals surface area contributed by atoms with Crippen molar-refractivity contribution in [2.45, 2.75) is 13.8 Å². The Morgan fingerprint density at radius 2 is 1.92 bits per heavy atom. The average molecular weight is 324 g/mol. The molecule has 1 saturated heterocycles. The van der Waals surface area contributed by atoms with Crippen LogP contribution in [0.1, 0.15) is 11.1 Å². The van der Waals surface area contributed by atoms with E-state index in [0.29, 0.717) is 6.54 Å². The van der Waals surface area contributed by atoms with Crippen molar-refractivity contribution in [1.29, 1.82) is 0 Å². The maximum atomic E-state index is 12.4. The molecule has 3 rings (SSSR count). The van der Waals surface area contributed by atoms with Gasteiger partial charge in [-0.15, -0.1) is 0 Å². The molecule has 1 aromatic heterocycles. The molecule has 5 heteroatoms. The summed E-state index contributed by atoms with van der Waals surface area (Å²) < 4.78 is 0. The molecule has 2 heterocycles. The van der Waals surface area contributed by atoms with Crippen molar-refractivity contribution in [3.63, 3.8) is 0 Å². The molecule has 1 N–H and O–H groups in total. The van der Waals surface area contributed by atoms with E-state index in [4.69, 9.17) is 0 Å². The zero-order chi connectivity index (χ0) is 16.9. The van der Waals surface area contributed by atoms with Crippen LogP contribution >= 0.6 is 0 Å². The number of nitrogens with zero attached hydrogens (tertiary/aromatic N) is 3. The zero-order valence-electron chi connectivity index (χ0n) is 14.3. The van der Waals surface area contributed by atoms with Gasteiger partial charge in [-0.1, -0.05) is 18.2 Å². The molecule has 126 valence electrons. The third-order valence-electron chi connectivity index (χ3n) is 4.43. The number of hydrogen-bond acceptors (Lipinski definition) is 4. The van der Waals surface area contributed by atoms with Crippen LogP contribution in [0.3, 0.4) is 0 Å². The van der Waals surface area contributed by atoms with E-state index in [9.17, 15) is 4.79 Å². The molecule has 5 nitrogen and oxygen atoms in total. The predicted molar refractivity (Wildman–Crippen MR) is 97.4 cm³/mol. The van der Waals surface area contributed by atoms with Crippen LogP contribution in [0.25, 0.3) is 0 Å². The van der Waals surface area contributed by atoms with Gasteiger partial charge in [0.25, 0.3) is 0 Å². The molecule has 1 aliphatic rings. The zero-order valence-corrected chi connectivity index (χ0v) is 14.3. The molecule has 0 radical (unpaired) electrons. The summed E-state index contributed by atoms with van der Waals surface area (Å²) in [5.74, 6) is 1.13. The van der Waals surface area contributed by atoms with E-state index < -0.39 is 0 Å². The first-order valence-electron chi connectivity index (χ1n) is 8.38. The highest BCUT2D eigenvalue weighted by Crippen LogP contribution is 2.16. The quantitative estimate of drug-likeness (QED) is 0.938. The van der Waals surface area contributed by atoms with Crippen molar-refractivity contribution in [2.24, 2.45) is 0 Å². The Labute approximate surface area is 143 Å². The highest BCUT2D eigenvalue weighted by atomic mass is 16.2. The van der Waals surface area contributed by atoms with E-state index in [0.717, 1.165) is 43.2 Å². The smallest absolute Gasteiger partial charge is 0.241 e. The largest absolute Gasteiger partial charge is 0.376 e. The number of nitrogens with one attached hydrogen (secondary N) is 1. The van der Waals surface area contributed by atoms with Gasteiger partial charge in [-0.25, -0.2) is 4.98 Å². The number of rotatable bonds is 4. The fourth-order valence-corrected chi connectivity index (χ4v) is 2.93. The normalized spacial score (nSPS) is 14.6. The first-order valence-corrected chi connectivity index (χ1v) is 8.38. The number of carbonyl (C=O) groups is 1. The van der Waals surface area contributed by atoms with Crippen LogP contribution in [0, 0.1) is 13.8 Å². The lowest BCUT2D eigenvalue weighted by Crippen LogP contribution is -2.50. The molecule has 24 heavy (non-hydrogen) atoms. The van der Waals surface area contributed by atoms with Gasteiger partial charge in [0.2, 0.25) is 5.91 Å². The Bertz CT molecular complexity index is 694. The van der Waals surface area contributed by atoms with Crippen molar-refractivity contribution >= 4 is 17.4 Å². The second-order valence-electron chi connectivity index (χ2n) is 6.23. The maximum Gasteiger partial charge on any atom is 0.241 e. The van der Waals surface area contributed by atoms with Crippen molar-refractivity contribution < 1.29 is 4.79 Å². The van der Waals surface area contributed by atoms with Gasteiger partial charge in [0, 0.05) is 38.1 Å². The predicted octanol–water partition coefficient (Wildman–Crippen LogP) is 2.46. The lowest BCUT2D eigenvalue weighted by Gasteiger charge is -2.35. The summed E-state index contributed by atoms with van der Waals surface area (Å²) >= 11 is 0. The number of anilines is 2. The average Bonchev–Trinajstić information content (AvgIpc) is 2.63. The topological polar surface area (TPSA) is 48.5 Å². The summed E-state index contributed by atoms with van der Waals surface area (Å²) in [6, 6.07) is 12.2. The Morgan fingerprint density at radius 3 is 2.62 bits per heavy atom. The summed E-state index contributed by atoms with van der Waals surface area (Å²) in [4.78, 5) is 21.0. The first kappa shape index (κ1) is 16.3. The second kappa shape index (κ2) is 7.34. The number of piperazine rings is 1. The summed E-state index contributed by atoms with van der Waals surface area (Å²) in [6.07, 6.45) is 1.81. The summed E-state index contributed by atoms with van der Waals surface area (Å²) in [5, 5.41) is 3.28. The van der Waals surface area contributed by atoms with Gasteiger partial charge < -0.3 is 15.1 Å². The van der Waals surface area contributed by atoms with E-state index >= 15 is 0 Å². The van der Waals surface area contributed by atoms with E-state index in [1.807, 2.05) is 23.1 Å². The fourth-order valence-electron chi connectivity index (χ4n) is 2.93. The molecule has 0 spiro atoms. The van der Waals surface area contributed by atoms with E-state index in [1.165, 1.54) is 5.56 Å². The molecule has 1 fully saturated rings. The van der Waals surface area contributed by atoms with Gasteiger partial charge in [0.1, 0.15) is 5.82 Å². The van der Waals surface area contributed by atoms with Crippen molar-refractivity contribution in [3.05, 3.63) is 53.7 Å². The number of aromatic nitrogens is 1. The van der Waals surface area contributed by atoms with Crippen LogP contribution < -0.4 is 10.2 Å². The van der Waals surface area contributed by atoms with Gasteiger partial charge >= 0.3 is 0 Å². The molecule has 0 bridgehead atoms. The van der Waals surface area contributed by atoms with Crippen molar-refractivity contribution in [3.8, 4) is 0 Å². The van der Waals surface area contributed by atoms with Gasteiger partial charge in [0.15, 0.2) is 0 Å². The minimum absolute atomic E-state index is 0.150. The monoisotopic (exact) mass is 324 g/mol. The molecule has 1 aromatic carbocycles. The molecular weight excluding hydrogens is 300 g/mol. The van der Waals surface area contributed by atoms with E-state index in [2.05, 4.69) is 47.2 Å². The number of benzene rings is 1. The number of aryl methyl sites for hydroxylation is 2. The van der Waals surface area contributed by atoms with Gasteiger partial charge in [-0.3, -0.25) is 4.79 Å². The second-order valence-corrected chi connectivity index (χ2v) is 6.23. The fraction of sp³-hybridized carbons (Fsp3) is 0.368. The van der Waals surface area contributed by atoms with Crippen molar-refractivity contribution in [1.82, 2.24) is 9.88 Å². The minimum Gasteiger partial charge on any atom is -0.376 e. The first-order chi connectivity index (χ1) is 11.6. The third-order valence-corrected chi connectivity index (χ3v) is 4.43. The van der Waals surface area contributed by atoms with Crippen LogP contribution in [0.15, 0.2) is 42.6 Å². The van der Waals surface area contributed by atoms with Gasteiger partial charge in [-0.2, -0.15) is 0 Å². The van der Waals surface area contributed by atoms with E-state index in [1.54, 1.807) is 6.20 Å². The van der Waals surface area contributed by atoms with E-state index in [-0.39, 0.29) is 5.91 Å². The van der Waals surface area contributed by atoms with Crippen LogP contribution in [0.4, 0.5) is 11.5 Å². The standard InChI is InChI=1S/C19H24N4O/c1-15-6-7-16(2)17(13-15)21-14-19(24)23-11-9-22(10-12-23)18-5-3-4-8-20-18/h3-8,13,21H,9-12,14H2,1-2H3. The maximum absolute atomic E-state index is 12.4. The van der Waals surface area contributed by atoms with Crippen molar-refractivity contribution in [2.75, 3.05) is 42.9 Å². The molecule has 0 atom stereocenters. The summed E-state index contributed by atoms with van der Waals surface area (Å²) in [7, 11) is 0. The number of hydrogen-bond donors (Lipinski definition) is 1. The highest BCUT2D eigenvalue weighted by Gasteiger charge is 2.21. The third kappa shape index (κ3) is 3.85. The Balaban J connectivity index is 1.51. The number of amides is 1. The highest BCUT2D eigenvalue weighted by molar-refractivity contribution is 5.81. The molecule has 2 aromatic rings. The van der Waals surface area contributed by atoms with Crippen LogP contribution in [-0.4, -0.2) is 48.5 Å². The number of carbonyl (C=O) groups excluding carboxylic acids is 1. The molecule has 1 amide bonds. The lowest BCUT2D eigenvalue weighted by molar-refractivity contribution is -0.129. The van der Waals surface area contributed by atoms with Gasteiger partial charge in [-0.05, 0) is 43.2 Å². The summed E-state index contributed by atoms with van der Waals surface area (Å²) in [5.41, 5.74) is 3.39. The van der Waals surface area contributed by atoms with Crippen LogP contribution in [0.5, 0.6) is 0 Å². The molecule has 0 saturated carbocycles. The SMILES string of the molecule is Cc1ccc(C)c(NCC(=O)N2CCN(c3ccccn3)CC2)c1. The molecule has 1 aliphatic heterocycles. The number of pyridine rings is 1. The van der Waals surface area contributed by atoms with Crippen LogP contribution in [0.2, 0.25) is 0 Å². The Kier molecular flexibility index (Phi) is 4.99. The molecule has 0 aliphatic carbocycles.